The van der Waals surface area contributed by atoms with Crippen LogP contribution >= 0.6 is 0 Å². The van der Waals surface area contributed by atoms with Gasteiger partial charge in [0.2, 0.25) is 0 Å². The average Bonchev–Trinajstić information content (AvgIpc) is 3.22. The van der Waals surface area contributed by atoms with Gasteiger partial charge in [0.1, 0.15) is 0 Å². The Hall–Kier alpha value is -1.91. The van der Waals surface area contributed by atoms with Gasteiger partial charge in [0.05, 0.1) is 16.6 Å². The van der Waals surface area contributed by atoms with E-state index in [1.807, 2.05) is 19.9 Å². The van der Waals surface area contributed by atoms with Crippen molar-refractivity contribution in [2.75, 3.05) is 0 Å². The average molecular weight is 313 g/mol. The van der Waals surface area contributed by atoms with E-state index in [0.717, 1.165) is 22.9 Å². The molecule has 0 radical (unpaired) electrons. The number of hydrogen-bond acceptors (Lipinski definition) is 4. The number of carbonyl (C=O) groups is 1. The van der Waals surface area contributed by atoms with Crippen LogP contribution in [-0.4, -0.2) is 22.1 Å². The van der Waals surface area contributed by atoms with Gasteiger partial charge in [-0.05, 0) is 63.9 Å². The molecule has 5 heteroatoms. The van der Waals surface area contributed by atoms with Crippen LogP contribution in [0.5, 0.6) is 0 Å². The summed E-state index contributed by atoms with van der Waals surface area (Å²) in [4.78, 5) is 17.1. The predicted octanol–water partition coefficient (Wildman–Crippen LogP) is 3.39. The number of hydrogen-bond donors (Lipinski definition) is 1. The van der Waals surface area contributed by atoms with Gasteiger partial charge < -0.3 is 9.84 Å². The summed E-state index contributed by atoms with van der Waals surface area (Å²) in [5.74, 6) is 2.27. The minimum absolute atomic E-state index is 0.0397. The Kier molecular flexibility index (Phi) is 3.39. The molecule has 2 saturated carbocycles. The van der Waals surface area contributed by atoms with Gasteiger partial charge in [-0.1, -0.05) is 11.6 Å². The monoisotopic (exact) mass is 313 g/mol. The minimum Gasteiger partial charge on any atom is -0.349 e. The Morgan fingerprint density at radius 2 is 2.17 bits per heavy atom. The zero-order valence-corrected chi connectivity index (χ0v) is 13.9. The van der Waals surface area contributed by atoms with Gasteiger partial charge in [-0.2, -0.15) is 0 Å². The maximum atomic E-state index is 12.8. The van der Waals surface area contributed by atoms with Crippen molar-refractivity contribution >= 4 is 17.0 Å². The van der Waals surface area contributed by atoms with Crippen LogP contribution in [0.2, 0.25) is 0 Å². The van der Waals surface area contributed by atoms with E-state index >= 15 is 0 Å². The zero-order valence-electron chi connectivity index (χ0n) is 13.9. The lowest BCUT2D eigenvalue weighted by Crippen LogP contribution is -2.40. The van der Waals surface area contributed by atoms with Crippen molar-refractivity contribution in [1.29, 1.82) is 0 Å². The summed E-state index contributed by atoms with van der Waals surface area (Å²) in [6.07, 6.45) is 5.34. The van der Waals surface area contributed by atoms with Crippen LogP contribution in [0.25, 0.3) is 11.1 Å². The number of carbonyl (C=O) groups excluding carboxylic acids is 1. The molecule has 2 aliphatic rings. The molecule has 0 spiro atoms. The zero-order chi connectivity index (χ0) is 16.1. The molecule has 122 valence electrons. The summed E-state index contributed by atoms with van der Waals surface area (Å²) in [6.45, 7) is 5.86. The molecular weight excluding hydrogens is 290 g/mol. The molecule has 4 atom stereocenters. The lowest BCUT2D eigenvalue weighted by Gasteiger charge is -2.28. The Labute approximate surface area is 135 Å². The molecule has 4 rings (SSSR count). The molecule has 1 amide bonds. The minimum atomic E-state index is -0.0397. The first kappa shape index (κ1) is 14.7. The van der Waals surface area contributed by atoms with Crippen LogP contribution in [0.4, 0.5) is 0 Å². The normalized spacial score (nSPS) is 27.5. The summed E-state index contributed by atoms with van der Waals surface area (Å²) in [5, 5.41) is 7.90. The van der Waals surface area contributed by atoms with E-state index in [1.165, 1.54) is 25.7 Å². The van der Waals surface area contributed by atoms with Crippen LogP contribution in [0.1, 0.15) is 54.4 Å². The number of aromatic nitrogens is 2. The van der Waals surface area contributed by atoms with Gasteiger partial charge in [-0.25, -0.2) is 4.98 Å². The van der Waals surface area contributed by atoms with E-state index in [4.69, 9.17) is 4.52 Å². The van der Waals surface area contributed by atoms with Gasteiger partial charge in [0.15, 0.2) is 0 Å². The quantitative estimate of drug-likeness (QED) is 0.943. The summed E-state index contributed by atoms with van der Waals surface area (Å²) >= 11 is 0. The smallest absolute Gasteiger partial charge is 0.258 e. The number of pyridine rings is 1. The molecule has 0 saturated heterocycles. The highest BCUT2D eigenvalue weighted by molar-refractivity contribution is 6.06. The third-order valence-electron chi connectivity index (χ3n) is 5.78. The Morgan fingerprint density at radius 3 is 2.87 bits per heavy atom. The highest BCUT2D eigenvalue weighted by atomic mass is 16.5. The summed E-state index contributed by atoms with van der Waals surface area (Å²) in [5.41, 5.74) is 2.55. The van der Waals surface area contributed by atoms with Gasteiger partial charge in [0, 0.05) is 11.7 Å². The van der Waals surface area contributed by atoms with E-state index in [2.05, 4.69) is 22.4 Å². The maximum Gasteiger partial charge on any atom is 0.258 e. The lowest BCUT2D eigenvalue weighted by molar-refractivity contribution is 0.0916. The highest BCUT2D eigenvalue weighted by Gasteiger charge is 2.42. The first-order chi connectivity index (χ1) is 11.0. The van der Waals surface area contributed by atoms with E-state index in [-0.39, 0.29) is 11.9 Å². The number of amides is 1. The second-order valence-electron chi connectivity index (χ2n) is 7.36. The molecule has 0 aliphatic heterocycles. The summed E-state index contributed by atoms with van der Waals surface area (Å²) in [7, 11) is 0. The third kappa shape index (κ3) is 2.42. The van der Waals surface area contributed by atoms with E-state index < -0.39 is 0 Å². The molecule has 2 aliphatic carbocycles. The largest absolute Gasteiger partial charge is 0.349 e. The third-order valence-corrected chi connectivity index (χ3v) is 5.78. The van der Waals surface area contributed by atoms with Crippen molar-refractivity contribution in [1.82, 2.24) is 15.5 Å². The number of aryl methyl sites for hydroxylation is 2. The van der Waals surface area contributed by atoms with Crippen molar-refractivity contribution in [2.24, 2.45) is 17.8 Å². The molecule has 2 bridgehead atoms. The number of rotatable bonds is 3. The fourth-order valence-corrected chi connectivity index (χ4v) is 4.69. The fraction of sp³-hybridized carbons (Fsp3) is 0.611. The first-order valence-corrected chi connectivity index (χ1v) is 8.57. The molecule has 5 nitrogen and oxygen atoms in total. The molecule has 1 N–H and O–H groups in total. The van der Waals surface area contributed by atoms with Crippen molar-refractivity contribution in [3.05, 3.63) is 23.0 Å². The Balaban J connectivity index is 1.58. The van der Waals surface area contributed by atoms with Gasteiger partial charge in [-0.15, -0.1) is 0 Å². The highest BCUT2D eigenvalue weighted by Crippen LogP contribution is 2.49. The van der Waals surface area contributed by atoms with Crippen LogP contribution < -0.4 is 5.32 Å². The van der Waals surface area contributed by atoms with Gasteiger partial charge in [0.25, 0.3) is 11.6 Å². The van der Waals surface area contributed by atoms with Crippen molar-refractivity contribution in [3.8, 4) is 0 Å². The molecular formula is C18H23N3O2. The number of nitrogens with zero attached hydrogens (tertiary/aromatic N) is 2. The van der Waals surface area contributed by atoms with E-state index in [0.29, 0.717) is 22.9 Å². The second-order valence-corrected chi connectivity index (χ2v) is 7.36. The van der Waals surface area contributed by atoms with Crippen molar-refractivity contribution < 1.29 is 9.32 Å². The van der Waals surface area contributed by atoms with Gasteiger partial charge >= 0.3 is 0 Å². The van der Waals surface area contributed by atoms with Gasteiger partial charge in [-0.3, -0.25) is 4.79 Å². The van der Waals surface area contributed by atoms with Crippen LogP contribution in [0, 0.1) is 31.6 Å². The van der Waals surface area contributed by atoms with Crippen LogP contribution in [0.15, 0.2) is 10.6 Å². The lowest BCUT2D eigenvalue weighted by atomic mass is 9.84. The van der Waals surface area contributed by atoms with Crippen LogP contribution in [0.3, 0.4) is 0 Å². The summed E-state index contributed by atoms with van der Waals surface area (Å²) < 4.78 is 5.22. The summed E-state index contributed by atoms with van der Waals surface area (Å²) in [6, 6.07) is 2.04. The van der Waals surface area contributed by atoms with E-state index in [9.17, 15) is 4.79 Å². The van der Waals surface area contributed by atoms with E-state index in [1.54, 1.807) is 0 Å². The number of fused-ring (bicyclic) bond motifs is 3. The molecule has 2 aromatic rings. The molecule has 2 fully saturated rings. The van der Waals surface area contributed by atoms with Crippen molar-refractivity contribution in [3.63, 3.8) is 0 Å². The molecule has 2 heterocycles. The Bertz CT molecular complexity index is 767. The predicted molar refractivity (Wildman–Crippen MR) is 87.1 cm³/mol. The second kappa shape index (κ2) is 5.32. The van der Waals surface area contributed by atoms with Crippen LogP contribution in [-0.2, 0) is 0 Å². The molecule has 4 unspecified atom stereocenters. The molecule has 0 aromatic carbocycles. The fourth-order valence-electron chi connectivity index (χ4n) is 4.69. The maximum absolute atomic E-state index is 12.8. The standard InChI is InChI=1S/C18H23N3O2/c1-9-6-15(16-11(3)21-23-18(16)19-9)17(22)20-10(2)14-8-12-4-5-13(14)7-12/h6,10,12-14H,4-5,7-8H2,1-3H3,(H,20,22). The topological polar surface area (TPSA) is 68.0 Å². The molecule has 2 aromatic heterocycles. The van der Waals surface area contributed by atoms with Crippen molar-refractivity contribution in [2.45, 2.75) is 52.5 Å². The Morgan fingerprint density at radius 1 is 1.35 bits per heavy atom. The first-order valence-electron chi connectivity index (χ1n) is 8.57. The number of nitrogens with one attached hydrogen (secondary N) is 1. The molecule has 23 heavy (non-hydrogen) atoms. The SMILES string of the molecule is Cc1cc(C(=O)NC(C)C2CC3CCC2C3)c2c(C)noc2n1.